The molecule has 1 fully saturated rings. The van der Waals surface area contributed by atoms with E-state index in [2.05, 4.69) is 5.32 Å². The summed E-state index contributed by atoms with van der Waals surface area (Å²) in [6.45, 7) is 2.28. The molecule has 2 aliphatic rings. The molecule has 20 heavy (non-hydrogen) atoms. The third-order valence-corrected chi connectivity index (χ3v) is 4.07. The number of rotatable bonds is 2. The molecule has 1 N–H and O–H groups in total. The smallest absolute Gasteiger partial charge is 0.328 e. The number of hydrogen-bond donors (Lipinski definition) is 1. The number of esters is 1. The molecule has 1 amide bonds. The molecular weight excluding hydrogens is 256 g/mol. The topological polar surface area (TPSA) is 58.6 Å². The zero-order valence-electron chi connectivity index (χ0n) is 11.5. The van der Waals surface area contributed by atoms with Gasteiger partial charge in [0.2, 0.25) is 0 Å². The number of ether oxygens (including phenoxy) is 1. The van der Waals surface area contributed by atoms with E-state index >= 15 is 0 Å². The van der Waals surface area contributed by atoms with Gasteiger partial charge < -0.3 is 15.0 Å². The highest BCUT2D eigenvalue weighted by Crippen LogP contribution is 2.23. The van der Waals surface area contributed by atoms with Gasteiger partial charge in [0.25, 0.3) is 5.91 Å². The lowest BCUT2D eigenvalue weighted by Gasteiger charge is -2.22. The zero-order chi connectivity index (χ0) is 14.1. The first-order valence-electron chi connectivity index (χ1n) is 6.92. The van der Waals surface area contributed by atoms with Crippen LogP contribution in [0.25, 0.3) is 0 Å². The number of likely N-dealkylation sites (tertiary alicyclic amines) is 1. The van der Waals surface area contributed by atoms with Crippen molar-refractivity contribution in [2.45, 2.75) is 32.0 Å². The van der Waals surface area contributed by atoms with Gasteiger partial charge in [0.15, 0.2) is 0 Å². The van der Waals surface area contributed by atoms with E-state index in [1.54, 1.807) is 4.90 Å². The van der Waals surface area contributed by atoms with Crippen molar-refractivity contribution < 1.29 is 14.3 Å². The Morgan fingerprint density at radius 1 is 1.30 bits per heavy atom. The van der Waals surface area contributed by atoms with Crippen LogP contribution in [-0.4, -0.2) is 36.5 Å². The summed E-state index contributed by atoms with van der Waals surface area (Å²) in [4.78, 5) is 25.9. The molecule has 0 spiro atoms. The standard InChI is InChI=1S/C15H18N2O3/c1-20-15(19)13-3-2-6-17(13)14(18)10-4-5-11-8-16-9-12(11)7-10/h4-5,7,13,16H,2-3,6,8-9H2,1H3. The van der Waals surface area contributed by atoms with Crippen LogP contribution < -0.4 is 5.32 Å². The SMILES string of the molecule is COC(=O)C1CCCN1C(=O)c1ccc2c(c1)CNC2. The van der Waals surface area contributed by atoms with Crippen molar-refractivity contribution in [3.8, 4) is 0 Å². The van der Waals surface area contributed by atoms with Gasteiger partial charge in [-0.25, -0.2) is 4.79 Å². The highest BCUT2D eigenvalue weighted by atomic mass is 16.5. The summed E-state index contributed by atoms with van der Waals surface area (Å²) in [5.41, 5.74) is 3.07. The van der Waals surface area contributed by atoms with Gasteiger partial charge in [-0.15, -0.1) is 0 Å². The molecule has 1 aromatic carbocycles. The molecule has 5 heteroatoms. The quantitative estimate of drug-likeness (QED) is 0.820. The first-order chi connectivity index (χ1) is 9.70. The molecule has 3 rings (SSSR count). The van der Waals surface area contributed by atoms with Gasteiger partial charge in [0.05, 0.1) is 7.11 Å². The predicted molar refractivity (Wildman–Crippen MR) is 73.1 cm³/mol. The van der Waals surface area contributed by atoms with Gasteiger partial charge in [-0.3, -0.25) is 4.79 Å². The first kappa shape index (κ1) is 13.1. The number of benzene rings is 1. The molecule has 0 aliphatic carbocycles. The maximum Gasteiger partial charge on any atom is 0.328 e. The summed E-state index contributed by atoms with van der Waals surface area (Å²) in [5, 5.41) is 3.26. The van der Waals surface area contributed by atoms with Crippen molar-refractivity contribution in [2.75, 3.05) is 13.7 Å². The molecule has 1 atom stereocenters. The maximum absolute atomic E-state index is 12.6. The molecule has 1 aromatic rings. The van der Waals surface area contributed by atoms with E-state index in [4.69, 9.17) is 4.74 Å². The van der Waals surface area contributed by atoms with Crippen molar-refractivity contribution in [1.82, 2.24) is 10.2 Å². The Bertz CT molecular complexity index is 556. The molecule has 1 saturated heterocycles. The van der Waals surface area contributed by atoms with Crippen LogP contribution in [0.3, 0.4) is 0 Å². The first-order valence-corrected chi connectivity index (χ1v) is 6.92. The van der Waals surface area contributed by atoms with E-state index in [1.165, 1.54) is 18.2 Å². The molecule has 5 nitrogen and oxygen atoms in total. The average molecular weight is 274 g/mol. The zero-order valence-corrected chi connectivity index (χ0v) is 11.5. The molecular formula is C15H18N2O3. The summed E-state index contributed by atoms with van der Waals surface area (Å²) >= 11 is 0. The number of carbonyl (C=O) groups excluding carboxylic acids is 2. The number of carbonyl (C=O) groups is 2. The summed E-state index contributed by atoms with van der Waals surface area (Å²) < 4.78 is 4.78. The molecule has 106 valence electrons. The minimum absolute atomic E-state index is 0.0763. The van der Waals surface area contributed by atoms with Crippen molar-refractivity contribution in [3.05, 3.63) is 34.9 Å². The van der Waals surface area contributed by atoms with Crippen LogP contribution in [0.5, 0.6) is 0 Å². The maximum atomic E-state index is 12.6. The average Bonchev–Trinajstić information content (AvgIpc) is 3.13. The van der Waals surface area contributed by atoms with Gasteiger partial charge in [0, 0.05) is 25.2 Å². The number of methoxy groups -OCH3 is 1. The van der Waals surface area contributed by atoms with Gasteiger partial charge in [-0.1, -0.05) is 6.07 Å². The van der Waals surface area contributed by atoms with Crippen LogP contribution in [0.2, 0.25) is 0 Å². The van der Waals surface area contributed by atoms with Gasteiger partial charge in [-0.05, 0) is 36.1 Å². The summed E-state index contributed by atoms with van der Waals surface area (Å²) in [5.74, 6) is -0.397. The normalized spacial score (nSPS) is 20.9. The van der Waals surface area contributed by atoms with E-state index in [9.17, 15) is 9.59 Å². The second kappa shape index (κ2) is 5.25. The molecule has 2 heterocycles. The predicted octanol–water partition coefficient (Wildman–Crippen LogP) is 1.07. The van der Waals surface area contributed by atoms with Crippen LogP contribution in [0, 0.1) is 0 Å². The van der Waals surface area contributed by atoms with E-state index in [0.29, 0.717) is 18.5 Å². The lowest BCUT2D eigenvalue weighted by atomic mass is 10.1. The Hall–Kier alpha value is -1.88. The molecule has 0 bridgehead atoms. The van der Waals surface area contributed by atoms with Crippen LogP contribution in [0.1, 0.15) is 34.3 Å². The second-order valence-corrected chi connectivity index (χ2v) is 5.27. The minimum Gasteiger partial charge on any atom is -0.467 e. The fourth-order valence-electron chi connectivity index (χ4n) is 2.98. The summed E-state index contributed by atoms with van der Waals surface area (Å²) in [6, 6.07) is 5.34. The number of fused-ring (bicyclic) bond motifs is 1. The van der Waals surface area contributed by atoms with Crippen LogP contribution in [0.15, 0.2) is 18.2 Å². The van der Waals surface area contributed by atoms with E-state index in [-0.39, 0.29) is 11.9 Å². The molecule has 1 unspecified atom stereocenters. The molecule has 0 radical (unpaired) electrons. The Balaban J connectivity index is 1.83. The van der Waals surface area contributed by atoms with Crippen molar-refractivity contribution in [3.63, 3.8) is 0 Å². The van der Waals surface area contributed by atoms with Gasteiger partial charge in [-0.2, -0.15) is 0 Å². The van der Waals surface area contributed by atoms with E-state index < -0.39 is 6.04 Å². The highest BCUT2D eigenvalue weighted by molar-refractivity contribution is 5.97. The third kappa shape index (κ3) is 2.18. The Morgan fingerprint density at radius 3 is 2.90 bits per heavy atom. The van der Waals surface area contributed by atoms with E-state index in [1.807, 2.05) is 18.2 Å². The van der Waals surface area contributed by atoms with Gasteiger partial charge >= 0.3 is 5.97 Å². The molecule has 0 aromatic heterocycles. The van der Waals surface area contributed by atoms with Gasteiger partial charge in [0.1, 0.15) is 6.04 Å². The van der Waals surface area contributed by atoms with Crippen molar-refractivity contribution in [1.29, 1.82) is 0 Å². The summed E-state index contributed by atoms with van der Waals surface area (Å²) in [6.07, 6.45) is 1.53. The number of hydrogen-bond acceptors (Lipinski definition) is 4. The summed E-state index contributed by atoms with van der Waals surface area (Å²) in [7, 11) is 1.37. The fourth-order valence-corrected chi connectivity index (χ4v) is 2.98. The number of nitrogens with zero attached hydrogens (tertiary/aromatic N) is 1. The monoisotopic (exact) mass is 274 g/mol. The van der Waals surface area contributed by atoms with E-state index in [0.717, 1.165) is 19.5 Å². The molecule has 0 saturated carbocycles. The number of nitrogens with one attached hydrogen (secondary N) is 1. The lowest BCUT2D eigenvalue weighted by Crippen LogP contribution is -2.41. The van der Waals surface area contributed by atoms with Crippen molar-refractivity contribution in [2.24, 2.45) is 0 Å². The Labute approximate surface area is 117 Å². The highest BCUT2D eigenvalue weighted by Gasteiger charge is 2.35. The lowest BCUT2D eigenvalue weighted by molar-refractivity contribution is -0.145. The van der Waals surface area contributed by atoms with Crippen LogP contribution >= 0.6 is 0 Å². The number of amides is 1. The largest absolute Gasteiger partial charge is 0.467 e. The molecule has 2 aliphatic heterocycles. The fraction of sp³-hybridized carbons (Fsp3) is 0.467. The van der Waals surface area contributed by atoms with Crippen LogP contribution in [0.4, 0.5) is 0 Å². The Kier molecular flexibility index (Phi) is 3.44. The van der Waals surface area contributed by atoms with Crippen LogP contribution in [-0.2, 0) is 22.6 Å². The third-order valence-electron chi connectivity index (χ3n) is 4.07. The minimum atomic E-state index is -0.432. The Morgan fingerprint density at radius 2 is 2.10 bits per heavy atom. The second-order valence-electron chi connectivity index (χ2n) is 5.27. The van der Waals surface area contributed by atoms with Crippen molar-refractivity contribution >= 4 is 11.9 Å².